The van der Waals surface area contributed by atoms with Gasteiger partial charge in [0.25, 0.3) is 0 Å². The molecule has 1 heterocycles. The number of aliphatic imine (C=N–C) groups is 1. The molecule has 138 valence electrons. The molecule has 1 saturated carbocycles. The molecule has 24 heavy (non-hydrogen) atoms. The van der Waals surface area contributed by atoms with Crippen LogP contribution in [0.15, 0.2) is 16.6 Å². The highest BCUT2D eigenvalue weighted by molar-refractivity contribution is 7.85. The van der Waals surface area contributed by atoms with E-state index >= 15 is 0 Å². The van der Waals surface area contributed by atoms with Crippen molar-refractivity contribution in [3.05, 3.63) is 11.6 Å². The topological polar surface area (TPSA) is 62.7 Å². The average Bonchev–Trinajstić information content (AvgIpc) is 2.62. The van der Waals surface area contributed by atoms with Gasteiger partial charge in [0, 0.05) is 40.9 Å². The monoisotopic (exact) mass is 355 g/mol. The summed E-state index contributed by atoms with van der Waals surface area (Å²) < 4.78 is 17.4. The third-order valence-corrected chi connectivity index (χ3v) is 6.47. The Morgan fingerprint density at radius 3 is 3.00 bits per heavy atom. The fourth-order valence-electron chi connectivity index (χ4n) is 3.37. The lowest BCUT2D eigenvalue weighted by Crippen LogP contribution is -2.46. The van der Waals surface area contributed by atoms with Crippen LogP contribution in [0.5, 0.6) is 0 Å². The van der Waals surface area contributed by atoms with Crippen molar-refractivity contribution >= 4 is 16.8 Å². The summed E-state index contributed by atoms with van der Waals surface area (Å²) in [4.78, 5) is 4.73. The Labute approximate surface area is 149 Å². The molecule has 1 aliphatic carbocycles. The van der Waals surface area contributed by atoms with E-state index in [9.17, 15) is 4.21 Å². The molecule has 0 spiro atoms. The largest absolute Gasteiger partial charge is 0.377 e. The average molecular weight is 356 g/mol. The Morgan fingerprint density at radius 2 is 2.29 bits per heavy atom. The van der Waals surface area contributed by atoms with Crippen molar-refractivity contribution < 1.29 is 8.95 Å². The second-order valence-electron chi connectivity index (χ2n) is 6.50. The zero-order valence-corrected chi connectivity index (χ0v) is 16.0. The Hall–Kier alpha value is -0.880. The van der Waals surface area contributed by atoms with Crippen molar-refractivity contribution in [1.82, 2.24) is 10.6 Å². The lowest BCUT2D eigenvalue weighted by molar-refractivity contribution is 0.153. The van der Waals surface area contributed by atoms with Gasteiger partial charge in [-0.3, -0.25) is 9.20 Å². The molecule has 1 aliphatic heterocycles. The van der Waals surface area contributed by atoms with Crippen LogP contribution < -0.4 is 10.6 Å². The minimum Gasteiger partial charge on any atom is -0.377 e. The van der Waals surface area contributed by atoms with E-state index in [0.717, 1.165) is 76.5 Å². The summed E-state index contributed by atoms with van der Waals surface area (Å²) in [5.74, 6) is 1.67. The van der Waals surface area contributed by atoms with Crippen LogP contribution in [0.25, 0.3) is 0 Å². The first-order chi connectivity index (χ1) is 11.7. The van der Waals surface area contributed by atoms with Gasteiger partial charge in [0.05, 0.1) is 13.2 Å². The molecule has 5 nitrogen and oxygen atoms in total. The number of nitrogens with zero attached hydrogens (tertiary/aromatic N) is 1. The summed E-state index contributed by atoms with van der Waals surface area (Å²) in [6.45, 7) is 7.36. The highest BCUT2D eigenvalue weighted by atomic mass is 32.2. The normalized spacial score (nSPS) is 26.6. The van der Waals surface area contributed by atoms with Crippen LogP contribution in [0.2, 0.25) is 0 Å². The summed E-state index contributed by atoms with van der Waals surface area (Å²) >= 11 is 0. The summed E-state index contributed by atoms with van der Waals surface area (Å²) in [6, 6.07) is 0.388. The number of guanidine groups is 1. The predicted octanol–water partition coefficient (Wildman–Crippen LogP) is 2.36. The van der Waals surface area contributed by atoms with E-state index in [1.807, 2.05) is 6.92 Å². The lowest BCUT2D eigenvalue weighted by Gasteiger charge is -2.30. The van der Waals surface area contributed by atoms with Gasteiger partial charge in [-0.2, -0.15) is 0 Å². The summed E-state index contributed by atoms with van der Waals surface area (Å²) in [5, 5.41) is 7.25. The zero-order chi connectivity index (χ0) is 17.2. The maximum Gasteiger partial charge on any atom is 0.191 e. The molecular weight excluding hydrogens is 322 g/mol. The van der Waals surface area contributed by atoms with Crippen LogP contribution in [-0.4, -0.2) is 53.5 Å². The number of nitrogens with one attached hydrogen (secondary N) is 2. The van der Waals surface area contributed by atoms with Crippen LogP contribution >= 0.6 is 0 Å². The molecule has 0 saturated heterocycles. The van der Waals surface area contributed by atoms with Gasteiger partial charge in [0.1, 0.15) is 0 Å². The van der Waals surface area contributed by atoms with Crippen molar-refractivity contribution in [1.29, 1.82) is 0 Å². The number of ether oxygens (including phenoxy) is 1. The smallest absolute Gasteiger partial charge is 0.191 e. The second-order valence-corrected chi connectivity index (χ2v) is 8.50. The molecule has 2 N–H and O–H groups in total. The third kappa shape index (κ3) is 6.55. The molecule has 0 aromatic heterocycles. The van der Waals surface area contributed by atoms with E-state index in [4.69, 9.17) is 9.73 Å². The van der Waals surface area contributed by atoms with Crippen molar-refractivity contribution in [2.24, 2.45) is 4.99 Å². The zero-order valence-electron chi connectivity index (χ0n) is 15.2. The quantitative estimate of drug-likeness (QED) is 0.418. The molecule has 0 radical (unpaired) electrons. The van der Waals surface area contributed by atoms with Gasteiger partial charge in [0.2, 0.25) is 0 Å². The Kier molecular flexibility index (Phi) is 8.81. The van der Waals surface area contributed by atoms with Crippen LogP contribution in [0.1, 0.15) is 52.4 Å². The van der Waals surface area contributed by atoms with E-state index in [1.54, 1.807) is 0 Å². The molecule has 0 amide bonds. The highest BCUT2D eigenvalue weighted by Gasteiger charge is 2.25. The Bertz CT molecular complexity index is 465. The number of hydrogen-bond donors (Lipinski definition) is 2. The molecule has 2 rings (SSSR count). The van der Waals surface area contributed by atoms with Gasteiger partial charge in [-0.15, -0.1) is 0 Å². The van der Waals surface area contributed by atoms with Crippen molar-refractivity contribution in [3.8, 4) is 0 Å². The first-order valence-corrected chi connectivity index (χ1v) is 10.8. The molecule has 0 bridgehead atoms. The van der Waals surface area contributed by atoms with Gasteiger partial charge < -0.3 is 15.4 Å². The molecule has 1 fully saturated rings. The van der Waals surface area contributed by atoms with Gasteiger partial charge in [-0.05, 0) is 39.0 Å². The summed E-state index contributed by atoms with van der Waals surface area (Å²) in [6.07, 6.45) is 8.62. The number of rotatable bonds is 7. The lowest BCUT2D eigenvalue weighted by atomic mass is 9.95. The van der Waals surface area contributed by atoms with E-state index in [2.05, 4.69) is 23.6 Å². The van der Waals surface area contributed by atoms with Crippen LogP contribution in [0.4, 0.5) is 0 Å². The molecule has 6 heteroatoms. The van der Waals surface area contributed by atoms with Gasteiger partial charge in [-0.25, -0.2) is 0 Å². The number of hydrogen-bond acceptors (Lipinski definition) is 3. The Morgan fingerprint density at radius 1 is 1.42 bits per heavy atom. The highest BCUT2D eigenvalue weighted by Crippen LogP contribution is 2.23. The standard InChI is InChI=1S/C18H33N3O2S/c1-3-19-18(20-11-8-15-9-12-23-13-10-15)21-16-6-5-7-17(14-16)24(22)4-2/h9,16-17H,3-8,10-14H2,1-2H3,(H2,19,20,21). The first kappa shape index (κ1) is 19.4. The van der Waals surface area contributed by atoms with E-state index in [1.165, 1.54) is 5.57 Å². The SMILES string of the molecule is CCNC(=NCCC1=CCOCC1)NC1CCCC(S(=O)CC)C1. The van der Waals surface area contributed by atoms with Gasteiger partial charge in [-0.1, -0.05) is 25.0 Å². The first-order valence-electron chi connectivity index (χ1n) is 9.40. The minimum atomic E-state index is -0.681. The van der Waals surface area contributed by atoms with E-state index in [-0.39, 0.29) is 0 Å². The van der Waals surface area contributed by atoms with Gasteiger partial charge >= 0.3 is 0 Å². The van der Waals surface area contributed by atoms with Crippen molar-refractivity contribution in [2.45, 2.75) is 63.7 Å². The fraction of sp³-hybridized carbons (Fsp3) is 0.833. The van der Waals surface area contributed by atoms with E-state index < -0.39 is 10.8 Å². The molecule has 0 aromatic carbocycles. The van der Waals surface area contributed by atoms with Crippen molar-refractivity contribution in [2.75, 3.05) is 32.1 Å². The van der Waals surface area contributed by atoms with Gasteiger partial charge in [0.15, 0.2) is 5.96 Å². The predicted molar refractivity (Wildman–Crippen MR) is 102 cm³/mol. The maximum atomic E-state index is 12.1. The molecule has 0 aromatic rings. The second kappa shape index (κ2) is 10.9. The third-order valence-electron chi connectivity index (χ3n) is 4.73. The fourth-order valence-corrected chi connectivity index (χ4v) is 4.72. The van der Waals surface area contributed by atoms with Crippen LogP contribution in [-0.2, 0) is 15.5 Å². The summed E-state index contributed by atoms with van der Waals surface area (Å²) in [7, 11) is -0.681. The van der Waals surface area contributed by atoms with Crippen LogP contribution in [0.3, 0.4) is 0 Å². The molecule has 2 aliphatic rings. The van der Waals surface area contributed by atoms with Crippen molar-refractivity contribution in [3.63, 3.8) is 0 Å². The molecular formula is C18H33N3O2S. The summed E-state index contributed by atoms with van der Waals surface area (Å²) in [5.41, 5.74) is 1.46. The minimum absolute atomic E-state index is 0.344. The van der Waals surface area contributed by atoms with E-state index in [0.29, 0.717) is 11.3 Å². The molecule has 3 unspecified atom stereocenters. The van der Waals surface area contributed by atoms with Crippen LogP contribution in [0, 0.1) is 0 Å². The Balaban J connectivity index is 1.83. The molecule has 3 atom stereocenters. The maximum absolute atomic E-state index is 12.1.